The number of rotatable bonds is 0. The van der Waals surface area contributed by atoms with E-state index in [-0.39, 0.29) is 0 Å². The second kappa shape index (κ2) is 3.53. The number of hydrogen-bond donors (Lipinski definition) is 0. The number of thioether (sulfide) groups is 1. The van der Waals surface area contributed by atoms with E-state index in [0.717, 1.165) is 13.2 Å². The summed E-state index contributed by atoms with van der Waals surface area (Å²) >= 11 is 2.09. The summed E-state index contributed by atoms with van der Waals surface area (Å²) in [5.41, 5.74) is 3.05. The van der Waals surface area contributed by atoms with Crippen LogP contribution in [0.25, 0.3) is 0 Å². The van der Waals surface area contributed by atoms with Crippen LogP contribution in [0, 0.1) is 6.92 Å². The molecule has 1 aromatic rings. The first-order valence-corrected chi connectivity index (χ1v) is 6.46. The highest BCUT2D eigenvalue weighted by Crippen LogP contribution is 2.50. The maximum Gasteiger partial charge on any atom is 0.0479 e. The fraction of sp³-hybridized carbons (Fsp3) is 0.538. The van der Waals surface area contributed by atoms with E-state index in [9.17, 15) is 0 Å². The molecule has 0 radical (unpaired) electrons. The van der Waals surface area contributed by atoms with Crippen LogP contribution in [-0.4, -0.2) is 18.0 Å². The predicted octanol–water partition coefficient (Wildman–Crippen LogP) is 3.19. The summed E-state index contributed by atoms with van der Waals surface area (Å²) < 4.78 is 5.94. The second-order valence-corrected chi connectivity index (χ2v) is 6.14. The molecule has 1 spiro atoms. The molecule has 0 N–H and O–H groups in total. The van der Waals surface area contributed by atoms with Gasteiger partial charge in [-0.15, -0.1) is 11.8 Å². The van der Waals surface area contributed by atoms with Gasteiger partial charge in [0, 0.05) is 22.9 Å². The summed E-state index contributed by atoms with van der Waals surface area (Å²) in [4.78, 5) is 1.51. The van der Waals surface area contributed by atoms with Gasteiger partial charge in [-0.3, -0.25) is 0 Å². The van der Waals surface area contributed by atoms with Crippen LogP contribution >= 0.6 is 11.8 Å². The molecule has 1 nitrogen and oxygen atoms in total. The zero-order valence-electron chi connectivity index (χ0n) is 9.08. The molecule has 15 heavy (non-hydrogen) atoms. The van der Waals surface area contributed by atoms with Gasteiger partial charge in [0.05, 0.1) is 0 Å². The largest absolute Gasteiger partial charge is 0.381 e. The minimum absolute atomic E-state index is 0.465. The fourth-order valence-corrected chi connectivity index (χ4v) is 4.17. The summed E-state index contributed by atoms with van der Waals surface area (Å²) in [6.07, 6.45) is 3.68. The number of fused-ring (bicyclic) bond motifs is 1. The van der Waals surface area contributed by atoms with Gasteiger partial charge in [-0.05, 0) is 43.4 Å². The Kier molecular flexibility index (Phi) is 2.29. The number of benzene rings is 1. The lowest BCUT2D eigenvalue weighted by molar-refractivity contribution is 0.0782. The molecule has 0 aliphatic carbocycles. The van der Waals surface area contributed by atoms with Gasteiger partial charge in [0.2, 0.25) is 0 Å². The fourth-order valence-electron chi connectivity index (χ4n) is 2.61. The predicted molar refractivity (Wildman–Crippen MR) is 63.5 cm³/mol. The Labute approximate surface area is 95.2 Å². The molecule has 80 valence electrons. The van der Waals surface area contributed by atoms with Crippen LogP contribution in [0.15, 0.2) is 23.1 Å². The van der Waals surface area contributed by atoms with Crippen molar-refractivity contribution in [2.75, 3.05) is 13.2 Å². The number of ether oxygens (including phenoxy) is 1. The van der Waals surface area contributed by atoms with Crippen LogP contribution in [0.2, 0.25) is 0 Å². The van der Waals surface area contributed by atoms with Gasteiger partial charge in [0.25, 0.3) is 0 Å². The topological polar surface area (TPSA) is 9.23 Å². The third-order valence-corrected chi connectivity index (χ3v) is 5.18. The Morgan fingerprint density at radius 2 is 2.07 bits per heavy atom. The van der Waals surface area contributed by atoms with Crippen LogP contribution < -0.4 is 0 Å². The van der Waals surface area contributed by atoms with E-state index < -0.39 is 0 Å². The minimum atomic E-state index is 0.465. The first kappa shape index (κ1) is 9.73. The molecule has 2 aliphatic heterocycles. The Balaban J connectivity index is 1.94. The van der Waals surface area contributed by atoms with E-state index in [0.29, 0.717) is 4.75 Å². The highest BCUT2D eigenvalue weighted by atomic mass is 32.2. The highest BCUT2D eigenvalue weighted by Gasteiger charge is 2.39. The maximum atomic E-state index is 5.47. The van der Waals surface area contributed by atoms with Gasteiger partial charge in [-0.25, -0.2) is 0 Å². The first-order chi connectivity index (χ1) is 7.29. The molecule has 0 atom stereocenters. The molecule has 2 heterocycles. The SMILES string of the molecule is Cc1cccc2c1CC1(CCOCC1)S2. The van der Waals surface area contributed by atoms with Crippen molar-refractivity contribution in [2.24, 2.45) is 0 Å². The monoisotopic (exact) mass is 220 g/mol. The van der Waals surface area contributed by atoms with Crippen molar-refractivity contribution in [3.63, 3.8) is 0 Å². The lowest BCUT2D eigenvalue weighted by Crippen LogP contribution is -2.32. The summed E-state index contributed by atoms with van der Waals surface area (Å²) in [5.74, 6) is 0. The van der Waals surface area contributed by atoms with E-state index in [1.807, 2.05) is 0 Å². The molecule has 0 amide bonds. The Morgan fingerprint density at radius 3 is 2.80 bits per heavy atom. The third-order valence-electron chi connectivity index (χ3n) is 3.60. The molecule has 1 fully saturated rings. The smallest absolute Gasteiger partial charge is 0.0479 e. The second-order valence-electron chi connectivity index (χ2n) is 4.63. The molecule has 3 rings (SSSR count). The quantitative estimate of drug-likeness (QED) is 0.664. The van der Waals surface area contributed by atoms with Crippen LogP contribution in [0.3, 0.4) is 0 Å². The molecule has 0 unspecified atom stereocenters. The van der Waals surface area contributed by atoms with Crippen molar-refractivity contribution in [1.82, 2.24) is 0 Å². The summed E-state index contributed by atoms with van der Waals surface area (Å²) in [6.45, 7) is 4.12. The molecule has 2 heteroatoms. The minimum Gasteiger partial charge on any atom is -0.381 e. The van der Waals surface area contributed by atoms with Gasteiger partial charge in [-0.2, -0.15) is 0 Å². The average Bonchev–Trinajstić information content (AvgIpc) is 2.59. The van der Waals surface area contributed by atoms with E-state index >= 15 is 0 Å². The highest BCUT2D eigenvalue weighted by molar-refractivity contribution is 8.01. The molecular weight excluding hydrogens is 204 g/mol. The Hall–Kier alpha value is -0.470. The summed E-state index contributed by atoms with van der Waals surface area (Å²) in [7, 11) is 0. The summed E-state index contributed by atoms with van der Waals surface area (Å²) in [6, 6.07) is 6.69. The van der Waals surface area contributed by atoms with Crippen LogP contribution in [0.4, 0.5) is 0 Å². The average molecular weight is 220 g/mol. The van der Waals surface area contributed by atoms with Gasteiger partial charge >= 0.3 is 0 Å². The zero-order chi connectivity index (χ0) is 10.3. The Morgan fingerprint density at radius 1 is 1.27 bits per heavy atom. The number of aryl methyl sites for hydroxylation is 1. The summed E-state index contributed by atoms with van der Waals surface area (Å²) in [5, 5.41) is 0. The molecule has 1 aromatic carbocycles. The standard InChI is InChI=1S/C13H16OS/c1-10-3-2-4-12-11(10)9-13(15-12)5-7-14-8-6-13/h2-4H,5-9H2,1H3. The van der Waals surface area contributed by atoms with E-state index in [2.05, 4.69) is 36.9 Å². The maximum absolute atomic E-state index is 5.47. The van der Waals surface area contributed by atoms with Crippen molar-refractivity contribution in [3.8, 4) is 0 Å². The number of hydrogen-bond acceptors (Lipinski definition) is 2. The van der Waals surface area contributed by atoms with Gasteiger partial charge < -0.3 is 4.74 Å². The van der Waals surface area contributed by atoms with E-state index in [4.69, 9.17) is 4.74 Å². The molecular formula is C13H16OS. The molecule has 0 bridgehead atoms. The van der Waals surface area contributed by atoms with Crippen molar-refractivity contribution in [2.45, 2.75) is 35.8 Å². The van der Waals surface area contributed by atoms with Gasteiger partial charge in [0.15, 0.2) is 0 Å². The van der Waals surface area contributed by atoms with Crippen LogP contribution in [0.1, 0.15) is 24.0 Å². The van der Waals surface area contributed by atoms with Gasteiger partial charge in [-0.1, -0.05) is 12.1 Å². The normalized spacial score (nSPS) is 23.0. The molecule has 0 aromatic heterocycles. The van der Waals surface area contributed by atoms with Crippen molar-refractivity contribution in [3.05, 3.63) is 29.3 Å². The zero-order valence-corrected chi connectivity index (χ0v) is 9.90. The van der Waals surface area contributed by atoms with Crippen molar-refractivity contribution >= 4 is 11.8 Å². The van der Waals surface area contributed by atoms with Crippen molar-refractivity contribution in [1.29, 1.82) is 0 Å². The first-order valence-electron chi connectivity index (χ1n) is 5.64. The van der Waals surface area contributed by atoms with Crippen LogP contribution in [-0.2, 0) is 11.2 Å². The van der Waals surface area contributed by atoms with E-state index in [1.54, 1.807) is 5.56 Å². The third kappa shape index (κ3) is 1.60. The van der Waals surface area contributed by atoms with Crippen LogP contribution in [0.5, 0.6) is 0 Å². The van der Waals surface area contributed by atoms with Crippen molar-refractivity contribution < 1.29 is 4.74 Å². The van der Waals surface area contributed by atoms with E-state index in [1.165, 1.54) is 29.7 Å². The molecule has 2 aliphatic rings. The Bertz CT molecular complexity index is 380. The lowest BCUT2D eigenvalue weighted by Gasteiger charge is -2.32. The molecule has 0 saturated carbocycles. The van der Waals surface area contributed by atoms with Gasteiger partial charge in [0.1, 0.15) is 0 Å². The lowest BCUT2D eigenvalue weighted by atomic mass is 9.90. The molecule has 1 saturated heterocycles.